The molecule has 0 spiro atoms. The Bertz CT molecular complexity index is 1080. The van der Waals surface area contributed by atoms with E-state index in [-0.39, 0.29) is 0 Å². The number of benzene rings is 3. The summed E-state index contributed by atoms with van der Waals surface area (Å²) in [5.41, 5.74) is 2.99. The van der Waals surface area contributed by atoms with Crippen LogP contribution in [0.1, 0.15) is 0 Å². The van der Waals surface area contributed by atoms with E-state index >= 15 is 0 Å². The van der Waals surface area contributed by atoms with Crippen molar-refractivity contribution in [3.05, 3.63) is 72.9 Å². The lowest BCUT2D eigenvalue weighted by Gasteiger charge is -2.07. The van der Waals surface area contributed by atoms with Gasteiger partial charge in [-0.2, -0.15) is 0 Å². The van der Waals surface area contributed by atoms with Gasteiger partial charge in [0.15, 0.2) is 0 Å². The van der Waals surface area contributed by atoms with Crippen LogP contribution in [0.15, 0.2) is 72.9 Å². The Labute approximate surface area is 127 Å². The van der Waals surface area contributed by atoms with E-state index in [1.54, 1.807) is 0 Å². The van der Waals surface area contributed by atoms with E-state index in [0.717, 1.165) is 27.3 Å². The van der Waals surface area contributed by atoms with Crippen molar-refractivity contribution < 1.29 is 0 Å². The van der Waals surface area contributed by atoms with Crippen LogP contribution in [-0.2, 0) is 0 Å². The summed E-state index contributed by atoms with van der Waals surface area (Å²) < 4.78 is 0. The van der Waals surface area contributed by atoms with Crippen molar-refractivity contribution in [3.63, 3.8) is 0 Å². The molecule has 5 rings (SSSR count). The Morgan fingerprint density at radius 1 is 0.545 bits per heavy atom. The molecule has 0 aliphatic carbocycles. The summed E-state index contributed by atoms with van der Waals surface area (Å²) in [5.74, 6) is 0. The quantitative estimate of drug-likeness (QED) is 0.292. The zero-order valence-corrected chi connectivity index (χ0v) is 11.8. The lowest BCUT2D eigenvalue weighted by Crippen LogP contribution is -1.88. The van der Waals surface area contributed by atoms with Gasteiger partial charge in [0.2, 0.25) is 0 Å². The van der Waals surface area contributed by atoms with Crippen molar-refractivity contribution in [2.24, 2.45) is 0 Å². The van der Waals surface area contributed by atoms with Crippen LogP contribution in [0.5, 0.6) is 0 Å². The smallest absolute Gasteiger partial charge is 0.0972 e. The third-order valence-electron chi connectivity index (χ3n) is 4.25. The second-order valence-corrected chi connectivity index (χ2v) is 5.56. The molecule has 2 heteroatoms. The van der Waals surface area contributed by atoms with Crippen molar-refractivity contribution in [1.29, 1.82) is 0 Å². The zero-order valence-electron chi connectivity index (χ0n) is 11.8. The van der Waals surface area contributed by atoms with Crippen molar-refractivity contribution in [2.45, 2.75) is 0 Å². The van der Waals surface area contributed by atoms with Gasteiger partial charge in [-0.3, -0.25) is 4.98 Å². The van der Waals surface area contributed by atoms with Crippen LogP contribution in [0.2, 0.25) is 0 Å². The number of hydrogen-bond donors (Lipinski definition) is 0. The maximum absolute atomic E-state index is 4.97. The molecule has 0 radical (unpaired) electrons. The molecule has 0 aliphatic heterocycles. The van der Waals surface area contributed by atoms with Crippen LogP contribution in [-0.4, -0.2) is 9.97 Å². The largest absolute Gasteiger partial charge is 0.254 e. The minimum Gasteiger partial charge on any atom is -0.254 e. The highest BCUT2D eigenvalue weighted by atomic mass is 14.7. The van der Waals surface area contributed by atoms with E-state index < -0.39 is 0 Å². The molecular weight excluding hydrogens is 268 g/mol. The van der Waals surface area contributed by atoms with Gasteiger partial charge in [0, 0.05) is 27.7 Å². The lowest BCUT2D eigenvalue weighted by molar-refractivity contribution is 1.41. The molecule has 5 aromatic rings. The first-order chi connectivity index (χ1) is 10.9. The van der Waals surface area contributed by atoms with E-state index in [1.807, 2.05) is 12.3 Å². The average Bonchev–Trinajstić information content (AvgIpc) is 2.60. The Balaban J connectivity index is 2.05. The Morgan fingerprint density at radius 2 is 1.27 bits per heavy atom. The SMILES string of the molecule is c1ccc2c(c1)ccc1cc3ccc4cccnc4c3nc12. The van der Waals surface area contributed by atoms with Gasteiger partial charge in [0.05, 0.1) is 16.6 Å². The molecular formula is C20H12N2. The molecule has 0 saturated carbocycles. The molecule has 3 aromatic carbocycles. The first kappa shape index (κ1) is 11.6. The summed E-state index contributed by atoms with van der Waals surface area (Å²) in [7, 11) is 0. The summed E-state index contributed by atoms with van der Waals surface area (Å²) in [6.45, 7) is 0. The fourth-order valence-corrected chi connectivity index (χ4v) is 3.17. The van der Waals surface area contributed by atoms with Gasteiger partial charge in [-0.05, 0) is 17.5 Å². The third kappa shape index (κ3) is 1.55. The predicted molar refractivity (Wildman–Crippen MR) is 92.1 cm³/mol. The predicted octanol–water partition coefficient (Wildman–Crippen LogP) is 5.09. The summed E-state index contributed by atoms with van der Waals surface area (Å²) in [6.07, 6.45) is 1.83. The average molecular weight is 280 g/mol. The highest BCUT2D eigenvalue weighted by molar-refractivity contribution is 6.12. The number of hydrogen-bond acceptors (Lipinski definition) is 2. The van der Waals surface area contributed by atoms with Crippen molar-refractivity contribution in [3.8, 4) is 0 Å². The minimum absolute atomic E-state index is 0.967. The monoisotopic (exact) mass is 280 g/mol. The molecule has 0 fully saturated rings. The number of nitrogens with zero attached hydrogens (tertiary/aromatic N) is 2. The number of rotatable bonds is 0. The highest BCUT2D eigenvalue weighted by Crippen LogP contribution is 2.29. The Kier molecular flexibility index (Phi) is 2.25. The molecule has 0 aliphatic rings. The van der Waals surface area contributed by atoms with Crippen molar-refractivity contribution in [2.75, 3.05) is 0 Å². The molecule has 0 amide bonds. The number of pyridine rings is 2. The van der Waals surface area contributed by atoms with Crippen LogP contribution in [0.4, 0.5) is 0 Å². The topological polar surface area (TPSA) is 25.8 Å². The van der Waals surface area contributed by atoms with Crippen LogP contribution in [0.3, 0.4) is 0 Å². The molecule has 0 atom stereocenters. The van der Waals surface area contributed by atoms with Gasteiger partial charge in [-0.1, -0.05) is 54.6 Å². The van der Waals surface area contributed by atoms with Gasteiger partial charge in [-0.15, -0.1) is 0 Å². The maximum Gasteiger partial charge on any atom is 0.0972 e. The number of fused-ring (bicyclic) bond motifs is 6. The van der Waals surface area contributed by atoms with Crippen LogP contribution < -0.4 is 0 Å². The normalized spacial score (nSPS) is 11.6. The van der Waals surface area contributed by atoms with Gasteiger partial charge < -0.3 is 0 Å². The molecule has 22 heavy (non-hydrogen) atoms. The second-order valence-electron chi connectivity index (χ2n) is 5.56. The maximum atomic E-state index is 4.97. The molecule has 2 nitrogen and oxygen atoms in total. The summed E-state index contributed by atoms with van der Waals surface area (Å²) in [6, 6.07) is 23.2. The fourth-order valence-electron chi connectivity index (χ4n) is 3.17. The van der Waals surface area contributed by atoms with E-state index in [1.165, 1.54) is 16.2 Å². The Morgan fingerprint density at radius 3 is 2.23 bits per heavy atom. The summed E-state index contributed by atoms with van der Waals surface area (Å²) in [5, 5.41) is 5.84. The molecule has 0 saturated heterocycles. The number of aromatic nitrogens is 2. The second kappa shape index (κ2) is 4.25. The molecule has 0 unspecified atom stereocenters. The Hall–Kier alpha value is -3.00. The summed E-state index contributed by atoms with van der Waals surface area (Å²) >= 11 is 0. The third-order valence-corrected chi connectivity index (χ3v) is 4.25. The van der Waals surface area contributed by atoms with Crippen molar-refractivity contribution >= 4 is 43.5 Å². The zero-order chi connectivity index (χ0) is 14.5. The standard InChI is InChI=1S/C20H12N2/c1-2-6-17-13(4-1)7-9-15-12-16-10-8-14-5-3-11-21-19(14)20(16)22-18(15)17/h1-12H. The van der Waals surface area contributed by atoms with Crippen LogP contribution in [0, 0.1) is 0 Å². The van der Waals surface area contributed by atoms with Crippen LogP contribution >= 0.6 is 0 Å². The van der Waals surface area contributed by atoms with E-state index in [2.05, 4.69) is 65.6 Å². The molecule has 2 aromatic heterocycles. The van der Waals surface area contributed by atoms with Gasteiger partial charge >= 0.3 is 0 Å². The van der Waals surface area contributed by atoms with E-state index in [0.29, 0.717) is 0 Å². The van der Waals surface area contributed by atoms with Crippen molar-refractivity contribution in [1.82, 2.24) is 9.97 Å². The van der Waals surface area contributed by atoms with Gasteiger partial charge in [-0.25, -0.2) is 4.98 Å². The summed E-state index contributed by atoms with van der Waals surface area (Å²) in [4.78, 5) is 9.51. The highest BCUT2D eigenvalue weighted by Gasteiger charge is 2.07. The molecule has 2 heterocycles. The van der Waals surface area contributed by atoms with Crippen LogP contribution in [0.25, 0.3) is 43.5 Å². The van der Waals surface area contributed by atoms with E-state index in [4.69, 9.17) is 4.98 Å². The fraction of sp³-hybridized carbons (Fsp3) is 0. The van der Waals surface area contributed by atoms with E-state index in [9.17, 15) is 0 Å². The molecule has 102 valence electrons. The van der Waals surface area contributed by atoms with Gasteiger partial charge in [0.1, 0.15) is 0 Å². The molecule has 0 bridgehead atoms. The minimum atomic E-state index is 0.967. The molecule has 0 N–H and O–H groups in total. The first-order valence-electron chi connectivity index (χ1n) is 7.36. The van der Waals surface area contributed by atoms with Gasteiger partial charge in [0.25, 0.3) is 0 Å². The lowest BCUT2D eigenvalue weighted by atomic mass is 10.0. The first-order valence-corrected chi connectivity index (χ1v) is 7.36.